The average Bonchev–Trinajstić information content (AvgIpc) is 2.76. The molecular formula is C27H48N5OTa. The van der Waals surface area contributed by atoms with Gasteiger partial charge in [0.25, 0.3) is 0 Å². The molecule has 0 saturated carbocycles. The van der Waals surface area contributed by atoms with E-state index in [4.69, 9.17) is 0 Å². The molecule has 34 heavy (non-hydrogen) atoms. The molecule has 1 atom stereocenters. The van der Waals surface area contributed by atoms with Crippen molar-refractivity contribution >= 4 is 5.69 Å². The first-order valence-electron chi connectivity index (χ1n) is 11.1. The van der Waals surface area contributed by atoms with Gasteiger partial charge in [0.2, 0.25) is 0 Å². The van der Waals surface area contributed by atoms with Gasteiger partial charge in [0.1, 0.15) is 0 Å². The molecule has 0 aliphatic carbocycles. The minimum Gasteiger partial charge on any atom is -0.668 e. The number of aliphatic hydroxyl groups excluding tert-OH is 1. The van der Waals surface area contributed by atoms with Crippen molar-refractivity contribution in [2.45, 2.75) is 45.8 Å². The summed E-state index contributed by atoms with van der Waals surface area (Å²) in [7, 11) is 14.0. The molecule has 192 valence electrons. The minimum absolute atomic E-state index is 0. The number of rotatable bonds is 5. The molecule has 0 aromatic heterocycles. The van der Waals surface area contributed by atoms with E-state index in [2.05, 4.69) is 72.5 Å². The maximum absolute atomic E-state index is 10.4. The number of aliphatic hydroxyl groups is 1. The first-order valence-corrected chi connectivity index (χ1v) is 11.1. The predicted molar refractivity (Wildman–Crippen MR) is 150 cm³/mol. The zero-order valence-electron chi connectivity index (χ0n) is 23.5. The van der Waals surface area contributed by atoms with Gasteiger partial charge in [-0.25, -0.2) is 0 Å². The Hall–Kier alpha value is -1.22. The molecule has 1 unspecified atom stereocenters. The third-order valence-electron chi connectivity index (χ3n) is 3.69. The van der Waals surface area contributed by atoms with Crippen molar-refractivity contribution in [3.8, 4) is 0 Å². The van der Waals surface area contributed by atoms with E-state index in [0.717, 1.165) is 11.3 Å². The summed E-state index contributed by atoms with van der Waals surface area (Å²) < 4.78 is 0. The Balaban J connectivity index is -0.000000293. The van der Waals surface area contributed by atoms with Gasteiger partial charge in [-0.05, 0) is 17.4 Å². The van der Waals surface area contributed by atoms with E-state index < -0.39 is 6.23 Å². The van der Waals surface area contributed by atoms with Crippen LogP contribution in [0.2, 0.25) is 0 Å². The van der Waals surface area contributed by atoms with Gasteiger partial charge in [-0.15, -0.1) is 5.69 Å². The Morgan fingerprint density at radius 2 is 0.882 bits per heavy atom. The van der Waals surface area contributed by atoms with Crippen molar-refractivity contribution in [1.29, 1.82) is 0 Å². The van der Waals surface area contributed by atoms with Crippen LogP contribution in [-0.4, -0.2) is 61.5 Å². The predicted octanol–water partition coefficient (Wildman–Crippen LogP) is 8.11. The SMILES string of the molecule is CC(C)c1cccc(C(C)C)c1[N-]C(O)c1ccccc1.C[N-]C.C[N-]C.C[N-]C.C[N-]C.[Ta+5]. The summed E-state index contributed by atoms with van der Waals surface area (Å²) in [6, 6.07) is 15.9. The fraction of sp³-hybridized carbons (Fsp3) is 0.556. The normalized spacial score (nSPS) is 9.97. The third-order valence-corrected chi connectivity index (χ3v) is 3.69. The van der Waals surface area contributed by atoms with Crippen molar-refractivity contribution < 1.29 is 27.5 Å². The number of para-hydroxylation sites is 1. The van der Waals surface area contributed by atoms with E-state index in [9.17, 15) is 5.11 Å². The molecule has 2 rings (SSSR count). The Morgan fingerprint density at radius 1 is 0.559 bits per heavy atom. The van der Waals surface area contributed by atoms with Crippen LogP contribution >= 0.6 is 0 Å². The Labute approximate surface area is 226 Å². The van der Waals surface area contributed by atoms with Gasteiger partial charge in [0.15, 0.2) is 0 Å². The fourth-order valence-electron chi connectivity index (χ4n) is 2.48. The zero-order valence-corrected chi connectivity index (χ0v) is 26.7. The van der Waals surface area contributed by atoms with Crippen molar-refractivity contribution in [2.24, 2.45) is 0 Å². The van der Waals surface area contributed by atoms with Crippen LogP contribution in [0.25, 0.3) is 26.6 Å². The zero-order chi connectivity index (χ0) is 26.2. The topological polar surface area (TPSA) is 90.7 Å². The van der Waals surface area contributed by atoms with Crippen LogP contribution in [0.3, 0.4) is 0 Å². The summed E-state index contributed by atoms with van der Waals surface area (Å²) in [6.07, 6.45) is -0.816. The second-order valence-corrected chi connectivity index (χ2v) is 7.80. The average molecular weight is 640 g/mol. The fourth-order valence-corrected chi connectivity index (χ4v) is 2.48. The molecule has 0 radical (unpaired) electrons. The molecule has 6 nitrogen and oxygen atoms in total. The van der Waals surface area contributed by atoms with E-state index >= 15 is 0 Å². The maximum Gasteiger partial charge on any atom is 5.00 e. The molecule has 0 saturated heterocycles. The Kier molecular flexibility index (Phi) is 32.9. The van der Waals surface area contributed by atoms with Crippen LogP contribution in [0.5, 0.6) is 0 Å². The molecule has 0 aliphatic rings. The molecule has 7 heteroatoms. The molecule has 0 spiro atoms. The number of hydrogen-bond acceptors (Lipinski definition) is 1. The summed E-state index contributed by atoms with van der Waals surface area (Å²) in [5.74, 6) is 0.760. The maximum atomic E-state index is 10.4. The van der Waals surface area contributed by atoms with Gasteiger partial charge in [-0.3, -0.25) is 0 Å². The minimum atomic E-state index is -0.816. The van der Waals surface area contributed by atoms with Gasteiger partial charge >= 0.3 is 22.4 Å². The summed E-state index contributed by atoms with van der Waals surface area (Å²) in [6.45, 7) is 8.64. The van der Waals surface area contributed by atoms with Crippen molar-refractivity contribution in [3.05, 3.63) is 91.8 Å². The Bertz CT molecular complexity index is 620. The van der Waals surface area contributed by atoms with Gasteiger partial charge in [-0.1, -0.05) is 87.4 Å². The van der Waals surface area contributed by atoms with Crippen LogP contribution in [0.1, 0.15) is 62.4 Å². The Morgan fingerprint density at radius 3 is 1.18 bits per heavy atom. The van der Waals surface area contributed by atoms with Crippen LogP contribution in [0, 0.1) is 0 Å². The first-order chi connectivity index (χ1) is 15.7. The van der Waals surface area contributed by atoms with E-state index in [1.54, 1.807) is 56.4 Å². The number of benzene rings is 2. The van der Waals surface area contributed by atoms with Gasteiger partial charge in [0.05, 0.1) is 0 Å². The molecule has 0 bridgehead atoms. The van der Waals surface area contributed by atoms with E-state index in [1.165, 1.54) is 11.1 Å². The van der Waals surface area contributed by atoms with Gasteiger partial charge in [0, 0.05) is 6.23 Å². The standard InChI is InChI=1S/C19H24NO.4C2H6N.Ta/c1-13(2)16-11-8-12-17(14(3)4)18(16)20-19(21)15-9-6-5-7-10-15;4*1-3-2;/h5-14,19,21H,1-4H3;4*1-2H3;/q5*-1;+5. The molecule has 0 amide bonds. The van der Waals surface area contributed by atoms with Crippen LogP contribution in [0.15, 0.2) is 48.5 Å². The van der Waals surface area contributed by atoms with Crippen molar-refractivity contribution in [2.75, 3.05) is 56.4 Å². The second kappa shape index (κ2) is 28.0. The van der Waals surface area contributed by atoms with Crippen molar-refractivity contribution in [3.63, 3.8) is 0 Å². The van der Waals surface area contributed by atoms with Crippen LogP contribution in [0.4, 0.5) is 5.69 Å². The molecule has 0 heterocycles. The molecular weight excluding hydrogens is 591 g/mol. The van der Waals surface area contributed by atoms with Gasteiger partial charge in [-0.2, -0.15) is 56.4 Å². The summed E-state index contributed by atoms with van der Waals surface area (Å²) in [5.41, 5.74) is 4.15. The van der Waals surface area contributed by atoms with Crippen LogP contribution < -0.4 is 0 Å². The summed E-state index contributed by atoms with van der Waals surface area (Å²) in [4.78, 5) is 0. The monoisotopic (exact) mass is 639 g/mol. The molecule has 1 N–H and O–H groups in total. The third kappa shape index (κ3) is 20.2. The molecule has 2 aromatic carbocycles. The van der Waals surface area contributed by atoms with E-state index in [-0.39, 0.29) is 22.4 Å². The largest absolute Gasteiger partial charge is 5.00 e. The smallest absolute Gasteiger partial charge is 0.668 e. The first kappa shape index (κ1) is 40.0. The number of hydrogen-bond donors (Lipinski definition) is 1. The summed E-state index contributed by atoms with van der Waals surface area (Å²) in [5, 5.41) is 29.0. The van der Waals surface area contributed by atoms with E-state index in [0.29, 0.717) is 11.8 Å². The summed E-state index contributed by atoms with van der Waals surface area (Å²) >= 11 is 0. The second-order valence-electron chi connectivity index (χ2n) is 7.80. The number of nitrogens with zero attached hydrogens (tertiary/aromatic N) is 5. The van der Waals surface area contributed by atoms with Gasteiger partial charge < -0.3 is 31.7 Å². The quantitative estimate of drug-likeness (QED) is 0.352. The van der Waals surface area contributed by atoms with Crippen LogP contribution in [-0.2, 0) is 22.4 Å². The molecule has 2 aromatic rings. The molecule has 0 aliphatic heterocycles. The molecule has 0 fully saturated rings. The van der Waals surface area contributed by atoms with Crippen molar-refractivity contribution in [1.82, 2.24) is 0 Å². The van der Waals surface area contributed by atoms with E-state index in [1.807, 2.05) is 30.3 Å².